The van der Waals surface area contributed by atoms with Gasteiger partial charge in [0.15, 0.2) is 0 Å². The molecule has 1 aromatic carbocycles. The van der Waals surface area contributed by atoms with Crippen molar-refractivity contribution in [1.82, 2.24) is 5.16 Å². The molecule has 1 amide bonds. The molecule has 2 aromatic rings. The van der Waals surface area contributed by atoms with Crippen molar-refractivity contribution in [2.75, 3.05) is 17.7 Å². The highest BCUT2D eigenvalue weighted by molar-refractivity contribution is 6.08. The summed E-state index contributed by atoms with van der Waals surface area (Å²) in [6.07, 6.45) is 0. The van der Waals surface area contributed by atoms with E-state index in [4.69, 9.17) is 4.52 Å². The van der Waals surface area contributed by atoms with E-state index < -0.39 is 10.8 Å². The van der Waals surface area contributed by atoms with Crippen LogP contribution < -0.4 is 10.6 Å². The second-order valence-corrected chi connectivity index (χ2v) is 4.41. The minimum Gasteiger partial charge on any atom is -0.387 e. The lowest BCUT2D eigenvalue weighted by molar-refractivity contribution is -0.384. The molecule has 1 heterocycles. The zero-order chi connectivity index (χ0) is 15.6. The Labute approximate surface area is 120 Å². The maximum atomic E-state index is 12.3. The summed E-state index contributed by atoms with van der Waals surface area (Å²) >= 11 is 0. The molecule has 2 N–H and O–H groups in total. The number of nitrogens with one attached hydrogen (secondary N) is 2. The lowest BCUT2D eigenvalue weighted by Gasteiger charge is -2.08. The number of nitro benzene ring substituents is 1. The average Bonchev–Trinajstić information content (AvgIpc) is 2.78. The number of nitro groups is 1. The molecule has 0 aliphatic heterocycles. The largest absolute Gasteiger partial charge is 0.387 e. The molecule has 0 radical (unpaired) electrons. The number of non-ortho nitro benzene ring substituents is 1. The summed E-state index contributed by atoms with van der Waals surface area (Å²) < 4.78 is 5.00. The van der Waals surface area contributed by atoms with Gasteiger partial charge in [-0.25, -0.2) is 0 Å². The monoisotopic (exact) mass is 290 g/mol. The summed E-state index contributed by atoms with van der Waals surface area (Å²) in [5, 5.41) is 19.9. The second kappa shape index (κ2) is 5.61. The van der Waals surface area contributed by atoms with E-state index in [1.807, 2.05) is 0 Å². The fourth-order valence-electron chi connectivity index (χ4n) is 1.75. The number of anilines is 2. The number of benzene rings is 1. The van der Waals surface area contributed by atoms with E-state index in [-0.39, 0.29) is 17.1 Å². The van der Waals surface area contributed by atoms with Crippen LogP contribution in [-0.4, -0.2) is 23.0 Å². The molecular weight excluding hydrogens is 276 g/mol. The Hall–Kier alpha value is -2.90. The summed E-state index contributed by atoms with van der Waals surface area (Å²) in [5.74, 6) is -0.284. The van der Waals surface area contributed by atoms with Crippen LogP contribution in [0.1, 0.15) is 21.6 Å². The molecule has 0 aliphatic rings. The first-order valence-electron chi connectivity index (χ1n) is 6.14. The second-order valence-electron chi connectivity index (χ2n) is 4.41. The van der Waals surface area contributed by atoms with Crippen LogP contribution in [0.3, 0.4) is 0 Å². The van der Waals surface area contributed by atoms with Gasteiger partial charge in [-0.1, -0.05) is 5.16 Å². The molecule has 0 unspecified atom stereocenters. The van der Waals surface area contributed by atoms with Gasteiger partial charge in [-0.15, -0.1) is 0 Å². The standard InChI is InChI=1S/C13H14N4O4/c1-7-8(2)16-21-13(7)15-12(18)10-6-9(17(19)20)4-5-11(10)14-3/h4-6,14H,1-3H3,(H,15,18). The summed E-state index contributed by atoms with van der Waals surface area (Å²) in [5.41, 5.74) is 1.84. The first-order chi connectivity index (χ1) is 9.93. The third-order valence-corrected chi connectivity index (χ3v) is 3.11. The molecular formula is C13H14N4O4. The van der Waals surface area contributed by atoms with Crippen LogP contribution in [0.2, 0.25) is 0 Å². The Balaban J connectivity index is 2.35. The Morgan fingerprint density at radius 1 is 1.38 bits per heavy atom. The smallest absolute Gasteiger partial charge is 0.270 e. The molecule has 0 atom stereocenters. The van der Waals surface area contributed by atoms with Crippen LogP contribution >= 0.6 is 0 Å². The molecule has 0 bridgehead atoms. The molecule has 1 aromatic heterocycles. The molecule has 0 saturated carbocycles. The normalized spacial score (nSPS) is 10.2. The highest BCUT2D eigenvalue weighted by Crippen LogP contribution is 2.24. The first kappa shape index (κ1) is 14.5. The number of carbonyl (C=O) groups excluding carboxylic acids is 1. The van der Waals surface area contributed by atoms with Gasteiger partial charge in [0.2, 0.25) is 5.88 Å². The number of aromatic nitrogens is 1. The lowest BCUT2D eigenvalue weighted by atomic mass is 10.1. The van der Waals surface area contributed by atoms with E-state index in [2.05, 4.69) is 15.8 Å². The summed E-state index contributed by atoms with van der Waals surface area (Å²) in [6.45, 7) is 3.51. The molecule has 8 heteroatoms. The van der Waals surface area contributed by atoms with Crippen LogP contribution in [0.15, 0.2) is 22.7 Å². The molecule has 0 saturated heterocycles. The quantitative estimate of drug-likeness (QED) is 0.661. The fourth-order valence-corrected chi connectivity index (χ4v) is 1.75. The van der Waals surface area contributed by atoms with E-state index in [1.54, 1.807) is 20.9 Å². The molecule has 21 heavy (non-hydrogen) atoms. The topological polar surface area (TPSA) is 110 Å². The predicted octanol–water partition coefficient (Wildman–Crippen LogP) is 2.49. The molecule has 0 aliphatic carbocycles. The summed E-state index contributed by atoms with van der Waals surface area (Å²) in [7, 11) is 1.63. The minimum atomic E-state index is -0.555. The first-order valence-corrected chi connectivity index (χ1v) is 6.14. The maximum Gasteiger partial charge on any atom is 0.270 e. The van der Waals surface area contributed by atoms with Gasteiger partial charge in [-0.2, -0.15) is 0 Å². The maximum absolute atomic E-state index is 12.3. The number of amides is 1. The van der Waals surface area contributed by atoms with Crippen molar-refractivity contribution in [1.29, 1.82) is 0 Å². The van der Waals surface area contributed by atoms with Crippen molar-refractivity contribution in [2.24, 2.45) is 0 Å². The summed E-state index contributed by atoms with van der Waals surface area (Å²) in [4.78, 5) is 22.5. The number of nitrogens with zero attached hydrogens (tertiary/aromatic N) is 2. The molecule has 2 rings (SSSR count). The van der Waals surface area contributed by atoms with Crippen LogP contribution in [0, 0.1) is 24.0 Å². The highest BCUT2D eigenvalue weighted by Gasteiger charge is 2.19. The van der Waals surface area contributed by atoms with Gasteiger partial charge in [0.05, 0.1) is 16.2 Å². The Kier molecular flexibility index (Phi) is 3.88. The zero-order valence-electron chi connectivity index (χ0n) is 11.8. The number of rotatable bonds is 4. The fraction of sp³-hybridized carbons (Fsp3) is 0.231. The third kappa shape index (κ3) is 2.83. The van der Waals surface area contributed by atoms with Crippen molar-refractivity contribution < 1.29 is 14.2 Å². The van der Waals surface area contributed by atoms with Gasteiger partial charge >= 0.3 is 0 Å². The zero-order valence-corrected chi connectivity index (χ0v) is 11.8. The number of hydrogen-bond acceptors (Lipinski definition) is 6. The van der Waals surface area contributed by atoms with Gasteiger partial charge in [-0.3, -0.25) is 20.2 Å². The van der Waals surface area contributed by atoms with E-state index in [1.165, 1.54) is 18.2 Å². The van der Waals surface area contributed by atoms with E-state index >= 15 is 0 Å². The van der Waals surface area contributed by atoms with Crippen molar-refractivity contribution in [2.45, 2.75) is 13.8 Å². The van der Waals surface area contributed by atoms with E-state index in [0.717, 1.165) is 0 Å². The van der Waals surface area contributed by atoms with Crippen molar-refractivity contribution in [3.63, 3.8) is 0 Å². The van der Waals surface area contributed by atoms with Gasteiger partial charge in [0.1, 0.15) is 0 Å². The number of hydrogen-bond donors (Lipinski definition) is 2. The van der Waals surface area contributed by atoms with Crippen molar-refractivity contribution in [3.05, 3.63) is 45.1 Å². The molecule has 0 fully saturated rings. The average molecular weight is 290 g/mol. The SMILES string of the molecule is CNc1ccc([N+](=O)[O-])cc1C(=O)Nc1onc(C)c1C. The molecule has 0 spiro atoms. The van der Waals surface area contributed by atoms with Gasteiger partial charge in [-0.05, 0) is 19.9 Å². The number of carbonyl (C=O) groups is 1. The highest BCUT2D eigenvalue weighted by atomic mass is 16.6. The predicted molar refractivity (Wildman–Crippen MR) is 76.6 cm³/mol. The van der Waals surface area contributed by atoms with Crippen molar-refractivity contribution in [3.8, 4) is 0 Å². The van der Waals surface area contributed by atoms with E-state index in [9.17, 15) is 14.9 Å². The van der Waals surface area contributed by atoms with Crippen LogP contribution in [-0.2, 0) is 0 Å². The molecule has 8 nitrogen and oxygen atoms in total. The van der Waals surface area contributed by atoms with Gasteiger partial charge in [0.25, 0.3) is 11.6 Å². The Morgan fingerprint density at radius 2 is 2.10 bits per heavy atom. The van der Waals surface area contributed by atoms with Crippen LogP contribution in [0.25, 0.3) is 0 Å². The summed E-state index contributed by atoms with van der Waals surface area (Å²) in [6, 6.07) is 4.01. The Morgan fingerprint density at radius 3 is 2.62 bits per heavy atom. The molecule has 110 valence electrons. The Bertz CT molecular complexity index is 708. The lowest BCUT2D eigenvalue weighted by Crippen LogP contribution is -2.14. The van der Waals surface area contributed by atoms with Crippen molar-refractivity contribution >= 4 is 23.2 Å². The van der Waals surface area contributed by atoms with Gasteiger partial charge < -0.3 is 9.84 Å². The van der Waals surface area contributed by atoms with Crippen LogP contribution in [0.5, 0.6) is 0 Å². The minimum absolute atomic E-state index is 0.153. The van der Waals surface area contributed by atoms with Gasteiger partial charge in [0, 0.05) is 30.4 Å². The third-order valence-electron chi connectivity index (χ3n) is 3.11. The van der Waals surface area contributed by atoms with Crippen LogP contribution in [0.4, 0.5) is 17.3 Å². The van der Waals surface area contributed by atoms with E-state index in [0.29, 0.717) is 16.9 Å². The number of aryl methyl sites for hydroxylation is 1.